The van der Waals surface area contributed by atoms with Crippen LogP contribution in [0.15, 0.2) is 109 Å². The van der Waals surface area contributed by atoms with E-state index in [1.165, 1.54) is 0 Å². The predicted molar refractivity (Wildman–Crippen MR) is 129 cm³/mol. The maximum absolute atomic E-state index is 13.8. The van der Waals surface area contributed by atoms with Gasteiger partial charge in [0.15, 0.2) is 0 Å². The Hall–Kier alpha value is -3.37. The van der Waals surface area contributed by atoms with Crippen molar-refractivity contribution >= 4 is 27.2 Å². The first-order chi connectivity index (χ1) is 14.6. The zero-order valence-electron chi connectivity index (χ0n) is 16.5. The van der Waals surface area contributed by atoms with E-state index in [0.29, 0.717) is 16.5 Å². The number of halogens is 1. The average molecular weight is 457 g/mol. The third kappa shape index (κ3) is 3.51. The number of hydrogen-bond acceptors (Lipinski definition) is 1. The fourth-order valence-corrected chi connectivity index (χ4v) is 3.82. The van der Waals surface area contributed by atoms with Crippen LogP contribution in [0.25, 0.3) is 28.2 Å². The highest BCUT2D eigenvalue weighted by Crippen LogP contribution is 2.33. The zero-order chi connectivity index (χ0) is 21.1. The first-order valence-electron chi connectivity index (χ1n) is 9.61. The van der Waals surface area contributed by atoms with Gasteiger partial charge in [0.1, 0.15) is 0 Å². The Kier molecular flexibility index (Phi) is 5.68. The number of aromatic nitrogens is 2. The van der Waals surface area contributed by atoms with Crippen LogP contribution in [0.4, 0.5) is 0 Å². The minimum Gasteiger partial charge on any atom is -0.267 e. The van der Waals surface area contributed by atoms with Gasteiger partial charge in [-0.1, -0.05) is 108 Å². The highest BCUT2D eigenvalue weighted by Gasteiger charge is 2.25. The molecular formula is C26H21BrN2O. The lowest BCUT2D eigenvalue weighted by Gasteiger charge is -2.16. The van der Waals surface area contributed by atoms with Gasteiger partial charge in [-0.3, -0.25) is 4.79 Å². The lowest BCUT2D eigenvalue weighted by atomic mass is 9.97. The van der Waals surface area contributed by atoms with E-state index in [1.54, 1.807) is 4.68 Å². The molecule has 0 amide bonds. The molecule has 0 N–H and O–H groups in total. The Balaban J connectivity index is 2.12. The second-order valence-corrected chi connectivity index (χ2v) is 7.46. The van der Waals surface area contributed by atoms with Gasteiger partial charge in [0.05, 0.1) is 16.9 Å². The highest BCUT2D eigenvalue weighted by atomic mass is 79.9. The van der Waals surface area contributed by atoms with E-state index in [0.717, 1.165) is 28.2 Å². The average Bonchev–Trinajstić information content (AvgIpc) is 3.12. The SMILES string of the molecule is C=C(c1ccccc1)c1c(-c2ccccc2)n(C(=C)CBr)n(-c2ccccc2)c1=O. The molecule has 3 nitrogen and oxygen atoms in total. The zero-order valence-corrected chi connectivity index (χ0v) is 18.0. The van der Waals surface area contributed by atoms with Gasteiger partial charge in [-0.15, -0.1) is 0 Å². The van der Waals surface area contributed by atoms with Gasteiger partial charge in [0.2, 0.25) is 0 Å². The molecule has 3 aromatic carbocycles. The number of nitrogens with zero attached hydrogens (tertiary/aromatic N) is 2. The first kappa shape index (κ1) is 19.9. The molecule has 0 unspecified atom stereocenters. The highest BCUT2D eigenvalue weighted by molar-refractivity contribution is 9.09. The molecule has 0 saturated carbocycles. The molecule has 0 radical (unpaired) electrons. The molecular weight excluding hydrogens is 436 g/mol. The molecule has 4 rings (SSSR count). The van der Waals surface area contributed by atoms with E-state index >= 15 is 0 Å². The van der Waals surface area contributed by atoms with Crippen molar-refractivity contribution in [3.05, 3.63) is 126 Å². The molecule has 1 aromatic heterocycles. The number of allylic oxidation sites excluding steroid dienone is 1. The van der Waals surface area contributed by atoms with Crippen LogP contribution in [0.2, 0.25) is 0 Å². The summed E-state index contributed by atoms with van der Waals surface area (Å²) in [5.41, 5.74) is 5.27. The van der Waals surface area contributed by atoms with Crippen molar-refractivity contribution < 1.29 is 0 Å². The third-order valence-corrected chi connectivity index (χ3v) is 5.63. The number of hydrogen-bond donors (Lipinski definition) is 0. The van der Waals surface area contributed by atoms with Crippen LogP contribution in [0, 0.1) is 0 Å². The first-order valence-corrected chi connectivity index (χ1v) is 10.7. The summed E-state index contributed by atoms with van der Waals surface area (Å²) >= 11 is 3.52. The molecule has 4 aromatic rings. The molecule has 0 fully saturated rings. The summed E-state index contributed by atoms with van der Waals surface area (Å²) in [4.78, 5) is 13.8. The minimum absolute atomic E-state index is 0.129. The maximum atomic E-state index is 13.8. The summed E-state index contributed by atoms with van der Waals surface area (Å²) in [6.07, 6.45) is 0. The minimum atomic E-state index is -0.129. The maximum Gasteiger partial charge on any atom is 0.280 e. The Morgan fingerprint density at radius 3 is 1.90 bits per heavy atom. The second kappa shape index (κ2) is 8.56. The van der Waals surface area contributed by atoms with Crippen LogP contribution in [-0.2, 0) is 0 Å². The summed E-state index contributed by atoms with van der Waals surface area (Å²) < 4.78 is 3.57. The number of rotatable bonds is 6. The lowest BCUT2D eigenvalue weighted by molar-refractivity contribution is 0.742. The summed E-state index contributed by atoms with van der Waals surface area (Å²) in [7, 11) is 0. The van der Waals surface area contributed by atoms with Gasteiger partial charge in [-0.25, -0.2) is 9.36 Å². The lowest BCUT2D eigenvalue weighted by Crippen LogP contribution is -2.22. The molecule has 0 bridgehead atoms. The van der Waals surface area contributed by atoms with Gasteiger partial charge in [0.25, 0.3) is 5.56 Å². The van der Waals surface area contributed by atoms with E-state index in [4.69, 9.17) is 0 Å². The number of benzene rings is 3. The van der Waals surface area contributed by atoms with E-state index in [-0.39, 0.29) is 5.56 Å². The molecule has 0 aliphatic rings. The van der Waals surface area contributed by atoms with Crippen molar-refractivity contribution in [3.63, 3.8) is 0 Å². The van der Waals surface area contributed by atoms with E-state index in [2.05, 4.69) is 29.1 Å². The Morgan fingerprint density at radius 1 is 0.800 bits per heavy atom. The van der Waals surface area contributed by atoms with Gasteiger partial charge in [-0.2, -0.15) is 0 Å². The van der Waals surface area contributed by atoms with Gasteiger partial charge in [0, 0.05) is 16.6 Å². The Bertz CT molecular complexity index is 1250. The van der Waals surface area contributed by atoms with Crippen LogP contribution >= 0.6 is 15.9 Å². The van der Waals surface area contributed by atoms with E-state index < -0.39 is 0 Å². The molecule has 30 heavy (non-hydrogen) atoms. The Morgan fingerprint density at radius 2 is 1.33 bits per heavy atom. The fraction of sp³-hybridized carbons (Fsp3) is 0.0385. The van der Waals surface area contributed by atoms with Crippen molar-refractivity contribution in [2.45, 2.75) is 0 Å². The molecule has 0 atom stereocenters. The monoisotopic (exact) mass is 456 g/mol. The van der Waals surface area contributed by atoms with Gasteiger partial charge >= 0.3 is 0 Å². The molecule has 0 spiro atoms. The molecule has 1 heterocycles. The largest absolute Gasteiger partial charge is 0.280 e. The standard InChI is InChI=1S/C26H21BrN2O/c1-19(18-27)28-25(22-14-8-4-9-15-22)24(20(2)21-12-6-3-7-13-21)26(30)29(28)23-16-10-5-11-17-23/h3-17H,1-2,18H2. The summed E-state index contributed by atoms with van der Waals surface area (Å²) in [5.74, 6) is 0. The smallest absolute Gasteiger partial charge is 0.267 e. The van der Waals surface area contributed by atoms with E-state index in [9.17, 15) is 4.79 Å². The van der Waals surface area contributed by atoms with Crippen molar-refractivity contribution in [2.24, 2.45) is 0 Å². The summed E-state index contributed by atoms with van der Waals surface area (Å²) in [5, 5.41) is 0.519. The predicted octanol–water partition coefficient (Wildman–Crippen LogP) is 6.23. The van der Waals surface area contributed by atoms with Crippen LogP contribution in [0.1, 0.15) is 11.1 Å². The second-order valence-electron chi connectivity index (χ2n) is 6.90. The summed E-state index contributed by atoms with van der Waals surface area (Å²) in [6, 6.07) is 29.3. The van der Waals surface area contributed by atoms with Crippen LogP contribution in [0.5, 0.6) is 0 Å². The van der Waals surface area contributed by atoms with Crippen molar-refractivity contribution in [1.82, 2.24) is 9.36 Å². The fourth-order valence-electron chi connectivity index (χ4n) is 3.58. The van der Waals surface area contributed by atoms with Crippen LogP contribution in [-0.4, -0.2) is 14.7 Å². The molecule has 0 aliphatic carbocycles. The van der Waals surface area contributed by atoms with Gasteiger partial charge in [-0.05, 0) is 23.3 Å². The number of alkyl halides is 1. The van der Waals surface area contributed by atoms with Crippen LogP contribution in [0.3, 0.4) is 0 Å². The third-order valence-electron chi connectivity index (χ3n) is 4.98. The molecule has 0 saturated heterocycles. The van der Waals surface area contributed by atoms with Crippen LogP contribution < -0.4 is 5.56 Å². The summed E-state index contributed by atoms with van der Waals surface area (Å²) in [6.45, 7) is 8.54. The Labute approximate surface area is 184 Å². The quantitative estimate of drug-likeness (QED) is 0.315. The molecule has 148 valence electrons. The van der Waals surface area contributed by atoms with Crippen molar-refractivity contribution in [3.8, 4) is 16.9 Å². The molecule has 0 aliphatic heterocycles. The normalized spacial score (nSPS) is 10.7. The molecule has 4 heteroatoms. The van der Waals surface area contributed by atoms with E-state index in [1.807, 2.05) is 95.7 Å². The van der Waals surface area contributed by atoms with Crippen molar-refractivity contribution in [1.29, 1.82) is 0 Å². The topological polar surface area (TPSA) is 26.9 Å². The van der Waals surface area contributed by atoms with Gasteiger partial charge < -0.3 is 0 Å². The number of para-hydroxylation sites is 1. The van der Waals surface area contributed by atoms with Crippen molar-refractivity contribution in [2.75, 3.05) is 5.33 Å².